The average molecular weight is 275 g/mol. The molecule has 1 unspecified atom stereocenters. The fraction of sp³-hybridized carbons (Fsp3) is 0.625. The first-order valence-corrected chi connectivity index (χ1v) is 7.64. The van der Waals surface area contributed by atoms with Gasteiger partial charge in [-0.3, -0.25) is 4.90 Å². The summed E-state index contributed by atoms with van der Waals surface area (Å²) >= 11 is 0. The van der Waals surface area contributed by atoms with Crippen molar-refractivity contribution in [2.45, 2.75) is 25.9 Å². The molecule has 0 amide bonds. The Labute approximate surface area is 121 Å². The highest BCUT2D eigenvalue weighted by atomic mass is 16.5. The second kappa shape index (κ2) is 6.12. The van der Waals surface area contributed by atoms with Gasteiger partial charge in [-0.1, -0.05) is 6.07 Å². The Morgan fingerprint density at radius 3 is 2.80 bits per heavy atom. The van der Waals surface area contributed by atoms with E-state index in [0.717, 1.165) is 51.4 Å². The van der Waals surface area contributed by atoms with E-state index in [2.05, 4.69) is 34.6 Å². The molecule has 1 aromatic carbocycles. The summed E-state index contributed by atoms with van der Waals surface area (Å²) < 4.78 is 5.63. The summed E-state index contributed by atoms with van der Waals surface area (Å²) in [5.74, 6) is 1.04. The van der Waals surface area contributed by atoms with Crippen molar-refractivity contribution in [3.8, 4) is 5.75 Å². The first-order chi connectivity index (χ1) is 9.78. The predicted octanol–water partition coefficient (Wildman–Crippen LogP) is 1.31. The van der Waals surface area contributed by atoms with E-state index in [1.165, 1.54) is 16.7 Å². The van der Waals surface area contributed by atoms with Crippen LogP contribution < -0.4 is 15.4 Å². The van der Waals surface area contributed by atoms with E-state index in [1.807, 2.05) is 0 Å². The minimum atomic E-state index is 0.431. The maximum absolute atomic E-state index is 5.63. The van der Waals surface area contributed by atoms with Crippen molar-refractivity contribution in [1.29, 1.82) is 0 Å². The monoisotopic (exact) mass is 275 g/mol. The van der Waals surface area contributed by atoms with E-state index in [0.29, 0.717) is 6.04 Å². The Kier molecular flexibility index (Phi) is 4.24. The Hall–Kier alpha value is -1.10. The fourth-order valence-corrected chi connectivity index (χ4v) is 3.27. The van der Waals surface area contributed by atoms with Crippen LogP contribution in [0.4, 0.5) is 0 Å². The summed E-state index contributed by atoms with van der Waals surface area (Å²) in [7, 11) is 1.78. The quantitative estimate of drug-likeness (QED) is 0.872. The number of hydrogen-bond donors (Lipinski definition) is 2. The van der Waals surface area contributed by atoms with Crippen molar-refractivity contribution >= 4 is 0 Å². The molecular formula is C16H25N3O. The third-order valence-electron chi connectivity index (χ3n) is 4.46. The van der Waals surface area contributed by atoms with Crippen LogP contribution in [0.5, 0.6) is 5.75 Å². The van der Waals surface area contributed by atoms with Gasteiger partial charge >= 0.3 is 0 Å². The molecule has 0 aromatic heterocycles. The summed E-state index contributed by atoms with van der Waals surface area (Å²) in [6, 6.07) is 5.04. The van der Waals surface area contributed by atoms with Crippen LogP contribution >= 0.6 is 0 Å². The lowest BCUT2D eigenvalue weighted by molar-refractivity contribution is 0.230. The van der Waals surface area contributed by atoms with Gasteiger partial charge in [-0.05, 0) is 37.1 Å². The Balaban J connectivity index is 1.85. The molecule has 4 nitrogen and oxygen atoms in total. The minimum absolute atomic E-state index is 0.431. The first kappa shape index (κ1) is 13.9. The van der Waals surface area contributed by atoms with Crippen molar-refractivity contribution in [2.75, 3.05) is 39.8 Å². The summed E-state index contributed by atoms with van der Waals surface area (Å²) in [4.78, 5) is 2.51. The van der Waals surface area contributed by atoms with Crippen LogP contribution in [0.15, 0.2) is 12.1 Å². The number of nitrogens with zero attached hydrogens (tertiary/aromatic N) is 1. The number of fused-ring (bicyclic) bond motifs is 1. The molecule has 0 spiro atoms. The van der Waals surface area contributed by atoms with E-state index in [1.54, 1.807) is 7.11 Å². The molecule has 1 saturated heterocycles. The molecule has 1 fully saturated rings. The van der Waals surface area contributed by atoms with Crippen molar-refractivity contribution in [3.05, 3.63) is 28.8 Å². The van der Waals surface area contributed by atoms with Crippen LogP contribution in [0.2, 0.25) is 0 Å². The average Bonchev–Trinajstić information content (AvgIpc) is 2.48. The fourth-order valence-electron chi connectivity index (χ4n) is 3.27. The number of nitrogens with one attached hydrogen (secondary N) is 2. The molecule has 0 radical (unpaired) electrons. The molecule has 2 heterocycles. The van der Waals surface area contributed by atoms with Gasteiger partial charge in [-0.25, -0.2) is 0 Å². The number of hydrogen-bond acceptors (Lipinski definition) is 4. The largest absolute Gasteiger partial charge is 0.496 e. The van der Waals surface area contributed by atoms with E-state index in [9.17, 15) is 0 Å². The summed E-state index contributed by atoms with van der Waals surface area (Å²) in [6.07, 6.45) is 1.12. The topological polar surface area (TPSA) is 36.5 Å². The van der Waals surface area contributed by atoms with Crippen LogP contribution in [0.25, 0.3) is 0 Å². The van der Waals surface area contributed by atoms with Gasteiger partial charge in [0.25, 0.3) is 0 Å². The molecule has 4 heteroatoms. The molecule has 0 saturated carbocycles. The first-order valence-electron chi connectivity index (χ1n) is 7.64. The van der Waals surface area contributed by atoms with Crippen LogP contribution in [0.1, 0.15) is 29.7 Å². The molecule has 110 valence electrons. The zero-order valence-electron chi connectivity index (χ0n) is 12.5. The SMILES string of the molecule is COc1cc2c(cc1CN1CCNCC1)CCNC2C. The Bertz CT molecular complexity index is 469. The van der Waals surface area contributed by atoms with Crippen molar-refractivity contribution < 1.29 is 4.74 Å². The highest BCUT2D eigenvalue weighted by Crippen LogP contribution is 2.31. The van der Waals surface area contributed by atoms with Gasteiger partial charge in [0, 0.05) is 44.3 Å². The second-order valence-corrected chi connectivity index (χ2v) is 5.81. The van der Waals surface area contributed by atoms with Gasteiger partial charge in [-0.15, -0.1) is 0 Å². The smallest absolute Gasteiger partial charge is 0.123 e. The summed E-state index contributed by atoms with van der Waals surface area (Å²) in [5, 5.41) is 6.92. The van der Waals surface area contributed by atoms with Crippen LogP contribution in [0, 0.1) is 0 Å². The summed E-state index contributed by atoms with van der Waals surface area (Å²) in [5.41, 5.74) is 4.22. The molecular weight excluding hydrogens is 250 g/mol. The number of benzene rings is 1. The lowest BCUT2D eigenvalue weighted by Gasteiger charge is -2.30. The van der Waals surface area contributed by atoms with E-state index in [-0.39, 0.29) is 0 Å². The Morgan fingerprint density at radius 2 is 2.05 bits per heavy atom. The normalized spacial score (nSPS) is 23.4. The lowest BCUT2D eigenvalue weighted by atomic mass is 9.92. The lowest BCUT2D eigenvalue weighted by Crippen LogP contribution is -2.43. The van der Waals surface area contributed by atoms with Crippen molar-refractivity contribution in [3.63, 3.8) is 0 Å². The number of piperazine rings is 1. The molecule has 2 aliphatic heterocycles. The van der Waals surface area contributed by atoms with E-state index in [4.69, 9.17) is 4.74 Å². The summed E-state index contributed by atoms with van der Waals surface area (Å²) in [6.45, 7) is 8.74. The van der Waals surface area contributed by atoms with Gasteiger partial charge in [-0.2, -0.15) is 0 Å². The maximum atomic E-state index is 5.63. The molecule has 0 bridgehead atoms. The van der Waals surface area contributed by atoms with Gasteiger partial charge < -0.3 is 15.4 Å². The zero-order valence-corrected chi connectivity index (χ0v) is 12.5. The molecule has 3 rings (SSSR count). The van der Waals surface area contributed by atoms with Crippen molar-refractivity contribution in [2.24, 2.45) is 0 Å². The minimum Gasteiger partial charge on any atom is -0.496 e. The van der Waals surface area contributed by atoms with E-state index >= 15 is 0 Å². The predicted molar refractivity (Wildman–Crippen MR) is 81.3 cm³/mol. The molecule has 0 aliphatic carbocycles. The Morgan fingerprint density at radius 1 is 1.25 bits per heavy atom. The molecule has 2 N–H and O–H groups in total. The highest BCUT2D eigenvalue weighted by Gasteiger charge is 2.20. The third kappa shape index (κ3) is 2.82. The van der Waals surface area contributed by atoms with Gasteiger partial charge in [0.15, 0.2) is 0 Å². The van der Waals surface area contributed by atoms with Gasteiger partial charge in [0.1, 0.15) is 5.75 Å². The number of methoxy groups -OCH3 is 1. The molecule has 1 aromatic rings. The second-order valence-electron chi connectivity index (χ2n) is 5.81. The van der Waals surface area contributed by atoms with Crippen LogP contribution in [-0.4, -0.2) is 44.7 Å². The van der Waals surface area contributed by atoms with Crippen LogP contribution in [-0.2, 0) is 13.0 Å². The zero-order chi connectivity index (χ0) is 13.9. The van der Waals surface area contributed by atoms with Crippen molar-refractivity contribution in [1.82, 2.24) is 15.5 Å². The molecule has 1 atom stereocenters. The van der Waals surface area contributed by atoms with E-state index < -0.39 is 0 Å². The third-order valence-corrected chi connectivity index (χ3v) is 4.46. The maximum Gasteiger partial charge on any atom is 0.123 e. The number of ether oxygens (including phenoxy) is 1. The number of rotatable bonds is 3. The molecule has 2 aliphatic rings. The standard InChI is InChI=1S/C16H25N3O/c1-12-15-10-16(20-2)14(9-13(15)3-4-18-12)11-19-7-5-17-6-8-19/h9-10,12,17-18H,3-8,11H2,1-2H3. The van der Waals surface area contributed by atoms with Gasteiger partial charge in [0.2, 0.25) is 0 Å². The molecule has 20 heavy (non-hydrogen) atoms. The van der Waals surface area contributed by atoms with Gasteiger partial charge in [0.05, 0.1) is 7.11 Å². The highest BCUT2D eigenvalue weighted by molar-refractivity contribution is 5.45. The van der Waals surface area contributed by atoms with Crippen LogP contribution in [0.3, 0.4) is 0 Å².